The van der Waals surface area contributed by atoms with Gasteiger partial charge < -0.3 is 9.97 Å². The van der Waals surface area contributed by atoms with Gasteiger partial charge in [0.2, 0.25) is 0 Å². The van der Waals surface area contributed by atoms with Crippen LogP contribution in [0.15, 0.2) is 56.9 Å². The lowest BCUT2D eigenvalue weighted by molar-refractivity contribution is 0.484. The number of fused-ring (bicyclic) bond motifs is 4. The zero-order valence-electron chi connectivity index (χ0n) is 16.0. The van der Waals surface area contributed by atoms with Gasteiger partial charge in [-0.05, 0) is 49.2 Å². The van der Waals surface area contributed by atoms with E-state index in [2.05, 4.69) is 9.97 Å². The van der Waals surface area contributed by atoms with Crippen LogP contribution in [0.1, 0.15) is 11.1 Å². The molecule has 0 aliphatic carbocycles. The molecule has 3 N–H and O–H groups in total. The fourth-order valence-electron chi connectivity index (χ4n) is 4.23. The number of aromatic nitrogens is 2. The maximum atomic E-state index is 13.2. The third kappa shape index (κ3) is 2.44. The van der Waals surface area contributed by atoms with Crippen LogP contribution in [0.2, 0.25) is 0 Å². The standard InChI is InChI=1S/C22H16N2O5S/c1-10-5-3-7-14-17(10)22(26)13-9-15-18(11(2)19(13)23-14)21(25)12-6-4-8-16(20(12)24-15)30(27,28)29/h3-9H,1-2H3,(H,23,26)(H,24,25)(H,27,28,29). The molecule has 2 aromatic heterocycles. The number of hydrogen-bond donors (Lipinski definition) is 3. The average Bonchev–Trinajstić information content (AvgIpc) is 2.68. The summed E-state index contributed by atoms with van der Waals surface area (Å²) < 4.78 is 33.1. The van der Waals surface area contributed by atoms with E-state index < -0.39 is 10.1 Å². The van der Waals surface area contributed by atoms with Crippen molar-refractivity contribution in [3.05, 3.63) is 74.0 Å². The smallest absolute Gasteiger partial charge is 0.296 e. The van der Waals surface area contributed by atoms with Crippen molar-refractivity contribution in [2.24, 2.45) is 0 Å². The Hall–Kier alpha value is -3.49. The van der Waals surface area contributed by atoms with Crippen LogP contribution in [0.5, 0.6) is 0 Å². The quantitative estimate of drug-likeness (QED) is 0.283. The summed E-state index contributed by atoms with van der Waals surface area (Å²) in [6.45, 7) is 3.60. The fraction of sp³-hybridized carbons (Fsp3) is 0.0909. The van der Waals surface area contributed by atoms with Crippen LogP contribution >= 0.6 is 0 Å². The Morgan fingerprint density at radius 2 is 1.47 bits per heavy atom. The normalized spacial score (nSPS) is 12.4. The van der Waals surface area contributed by atoms with Gasteiger partial charge in [-0.25, -0.2) is 0 Å². The van der Waals surface area contributed by atoms with Crippen LogP contribution in [0.3, 0.4) is 0 Å². The lowest BCUT2D eigenvalue weighted by Crippen LogP contribution is -2.12. The summed E-state index contributed by atoms with van der Waals surface area (Å²) in [4.78, 5) is 32.3. The number of pyridine rings is 2. The van der Waals surface area contributed by atoms with Crippen molar-refractivity contribution in [3.8, 4) is 0 Å². The van der Waals surface area contributed by atoms with E-state index in [-0.39, 0.29) is 26.7 Å². The second-order valence-electron chi connectivity index (χ2n) is 7.41. The highest BCUT2D eigenvalue weighted by Crippen LogP contribution is 2.28. The predicted molar refractivity (Wildman–Crippen MR) is 117 cm³/mol. The molecule has 0 saturated heterocycles. The minimum Gasteiger partial charge on any atom is -0.354 e. The minimum atomic E-state index is -4.55. The number of H-pyrrole nitrogens is 2. The van der Waals surface area contributed by atoms with Crippen LogP contribution in [0, 0.1) is 13.8 Å². The summed E-state index contributed by atoms with van der Waals surface area (Å²) in [5.74, 6) is 0. The maximum absolute atomic E-state index is 13.2. The molecule has 150 valence electrons. The number of para-hydroxylation sites is 1. The Morgan fingerprint density at radius 1 is 0.800 bits per heavy atom. The van der Waals surface area contributed by atoms with Crippen molar-refractivity contribution in [2.45, 2.75) is 18.7 Å². The van der Waals surface area contributed by atoms with Crippen molar-refractivity contribution in [1.82, 2.24) is 9.97 Å². The molecule has 30 heavy (non-hydrogen) atoms. The van der Waals surface area contributed by atoms with Crippen LogP contribution < -0.4 is 10.9 Å². The first-order valence-electron chi connectivity index (χ1n) is 9.19. The Balaban J connectivity index is 2.07. The van der Waals surface area contributed by atoms with Gasteiger partial charge in [-0.15, -0.1) is 0 Å². The molecule has 0 radical (unpaired) electrons. The predicted octanol–water partition coefficient (Wildman–Crippen LogP) is 3.54. The van der Waals surface area contributed by atoms with Crippen molar-refractivity contribution in [3.63, 3.8) is 0 Å². The fourth-order valence-corrected chi connectivity index (χ4v) is 4.89. The van der Waals surface area contributed by atoms with Crippen LogP contribution in [-0.4, -0.2) is 22.9 Å². The zero-order valence-corrected chi connectivity index (χ0v) is 16.8. The first-order chi connectivity index (χ1) is 14.2. The topological polar surface area (TPSA) is 120 Å². The molecule has 5 rings (SSSR count). The molecule has 5 aromatic rings. The third-order valence-corrected chi connectivity index (χ3v) is 6.51. The molecule has 0 spiro atoms. The van der Waals surface area contributed by atoms with Crippen molar-refractivity contribution >= 4 is 53.7 Å². The molecule has 7 nitrogen and oxygen atoms in total. The number of rotatable bonds is 1. The Labute approximate surface area is 169 Å². The molecule has 0 aliphatic heterocycles. The van der Waals surface area contributed by atoms with E-state index in [1.807, 2.05) is 25.1 Å². The molecular weight excluding hydrogens is 404 g/mol. The van der Waals surface area contributed by atoms with Gasteiger partial charge in [0.15, 0.2) is 10.9 Å². The highest BCUT2D eigenvalue weighted by Gasteiger charge is 2.19. The largest absolute Gasteiger partial charge is 0.354 e. The number of nitrogens with one attached hydrogen (secondary N) is 2. The summed E-state index contributed by atoms with van der Waals surface area (Å²) in [6.07, 6.45) is 0. The molecule has 8 heteroatoms. The van der Waals surface area contributed by atoms with Gasteiger partial charge in [-0.2, -0.15) is 8.42 Å². The average molecular weight is 420 g/mol. The first-order valence-corrected chi connectivity index (χ1v) is 10.6. The lowest BCUT2D eigenvalue weighted by Gasteiger charge is -2.12. The molecule has 0 aliphatic rings. The molecule has 2 heterocycles. The monoisotopic (exact) mass is 420 g/mol. The lowest BCUT2D eigenvalue weighted by atomic mass is 9.99. The summed E-state index contributed by atoms with van der Waals surface area (Å²) in [7, 11) is -4.55. The van der Waals surface area contributed by atoms with E-state index in [4.69, 9.17) is 0 Å². The highest BCUT2D eigenvalue weighted by molar-refractivity contribution is 7.86. The Morgan fingerprint density at radius 3 is 2.20 bits per heavy atom. The number of hydrogen-bond acceptors (Lipinski definition) is 4. The molecule has 0 amide bonds. The Bertz CT molecular complexity index is 1780. The molecule has 0 saturated carbocycles. The number of aryl methyl sites for hydroxylation is 2. The van der Waals surface area contributed by atoms with Gasteiger partial charge in [0.1, 0.15) is 4.90 Å². The summed E-state index contributed by atoms with van der Waals surface area (Å²) in [6, 6.07) is 11.2. The van der Waals surface area contributed by atoms with E-state index >= 15 is 0 Å². The maximum Gasteiger partial charge on any atom is 0.296 e. The van der Waals surface area contributed by atoms with Gasteiger partial charge >= 0.3 is 0 Å². The van der Waals surface area contributed by atoms with Gasteiger partial charge in [-0.3, -0.25) is 14.1 Å². The van der Waals surface area contributed by atoms with E-state index in [9.17, 15) is 22.6 Å². The van der Waals surface area contributed by atoms with Crippen LogP contribution in [0.25, 0.3) is 43.6 Å². The van der Waals surface area contributed by atoms with E-state index in [0.29, 0.717) is 38.3 Å². The molecule has 0 fully saturated rings. The van der Waals surface area contributed by atoms with Crippen LogP contribution in [-0.2, 0) is 10.1 Å². The SMILES string of the molecule is Cc1cccc2[nH]c3c(C)c4c(=O)c5cccc(S(=O)(=O)O)c5[nH]c4cc3c(=O)c12. The van der Waals surface area contributed by atoms with Crippen molar-refractivity contribution in [1.29, 1.82) is 0 Å². The Kier molecular flexibility index (Phi) is 3.71. The minimum absolute atomic E-state index is 0.00430. The number of aromatic amines is 2. The summed E-state index contributed by atoms with van der Waals surface area (Å²) in [5.41, 5.74) is 2.43. The van der Waals surface area contributed by atoms with E-state index in [1.54, 1.807) is 13.0 Å². The van der Waals surface area contributed by atoms with Crippen LogP contribution in [0.4, 0.5) is 0 Å². The van der Waals surface area contributed by atoms with Gasteiger partial charge in [0.05, 0.1) is 27.5 Å². The van der Waals surface area contributed by atoms with E-state index in [0.717, 1.165) is 5.56 Å². The van der Waals surface area contributed by atoms with E-state index in [1.165, 1.54) is 18.2 Å². The zero-order chi connectivity index (χ0) is 21.4. The van der Waals surface area contributed by atoms with Gasteiger partial charge in [0.25, 0.3) is 10.1 Å². The number of benzene rings is 3. The van der Waals surface area contributed by atoms with Gasteiger partial charge in [-0.1, -0.05) is 18.2 Å². The highest BCUT2D eigenvalue weighted by atomic mass is 32.2. The third-order valence-electron chi connectivity index (χ3n) is 5.62. The van der Waals surface area contributed by atoms with Crippen molar-refractivity contribution in [2.75, 3.05) is 0 Å². The molecule has 3 aromatic carbocycles. The molecule has 0 bridgehead atoms. The molecule has 0 unspecified atom stereocenters. The second kappa shape index (κ2) is 6.01. The van der Waals surface area contributed by atoms with Gasteiger partial charge in [0, 0.05) is 16.2 Å². The second-order valence-corrected chi connectivity index (χ2v) is 8.80. The summed E-state index contributed by atoms with van der Waals surface area (Å²) >= 11 is 0. The first kappa shape index (κ1) is 18.5. The summed E-state index contributed by atoms with van der Waals surface area (Å²) in [5, 5.41) is 1.44. The molecule has 0 atom stereocenters. The van der Waals surface area contributed by atoms with Crippen molar-refractivity contribution < 1.29 is 13.0 Å². The molecular formula is C22H16N2O5S.